The van der Waals surface area contributed by atoms with Gasteiger partial charge in [-0.05, 0) is 40.5 Å². The Morgan fingerprint density at radius 1 is 1.33 bits per heavy atom. The summed E-state index contributed by atoms with van der Waals surface area (Å²) >= 11 is 3.15. The number of aliphatic hydroxyl groups is 1. The molecule has 1 aromatic carbocycles. The van der Waals surface area contributed by atoms with Crippen LogP contribution in [0.4, 0.5) is 0 Å². The van der Waals surface area contributed by atoms with E-state index in [9.17, 15) is 5.11 Å². The first-order valence-corrected chi connectivity index (χ1v) is 4.39. The van der Waals surface area contributed by atoms with Crippen LogP contribution in [0.2, 0.25) is 0 Å². The van der Waals surface area contributed by atoms with Crippen LogP contribution in [-0.4, -0.2) is 12.2 Å². The third-order valence-electron chi connectivity index (χ3n) is 1.62. The largest absolute Gasteiger partial charge is 0.497 e. The van der Waals surface area contributed by atoms with Gasteiger partial charge >= 0.3 is 0 Å². The van der Waals surface area contributed by atoms with E-state index >= 15 is 0 Å². The highest BCUT2D eigenvalue weighted by Gasteiger charge is 2.17. The maximum atomic E-state index is 9.53. The van der Waals surface area contributed by atoms with E-state index in [1.165, 1.54) is 0 Å². The third-order valence-corrected chi connectivity index (χ3v) is 2.07. The van der Waals surface area contributed by atoms with Gasteiger partial charge < -0.3 is 9.84 Å². The summed E-state index contributed by atoms with van der Waals surface area (Å²) in [6.07, 6.45) is 0. The predicted octanol–water partition coefficient (Wildman–Crippen LogP) is 2.26. The Bertz CT molecular complexity index is 248. The highest BCUT2D eigenvalue weighted by Crippen LogP contribution is 2.28. The maximum Gasteiger partial charge on any atom is 0.142 e. The van der Waals surface area contributed by atoms with Crippen LogP contribution in [-0.2, 0) is 4.51 Å². The molecule has 0 bridgehead atoms. The molecular formula is C9H11BrO2. The molecule has 1 aromatic rings. The highest BCUT2D eigenvalue weighted by molar-refractivity contribution is 9.09. The Labute approximate surface area is 80.3 Å². The van der Waals surface area contributed by atoms with E-state index in [1.54, 1.807) is 14.0 Å². The normalized spacial score (nSPS) is 15.3. The van der Waals surface area contributed by atoms with Gasteiger partial charge in [0.05, 0.1) is 7.11 Å². The van der Waals surface area contributed by atoms with Crippen molar-refractivity contribution < 1.29 is 9.84 Å². The van der Waals surface area contributed by atoms with Gasteiger partial charge in [0.25, 0.3) is 0 Å². The zero-order valence-electron chi connectivity index (χ0n) is 7.04. The van der Waals surface area contributed by atoms with Crippen LogP contribution in [0.15, 0.2) is 24.3 Å². The quantitative estimate of drug-likeness (QED) is 0.791. The molecular weight excluding hydrogens is 220 g/mol. The number of methoxy groups -OCH3 is 1. The first kappa shape index (κ1) is 9.55. The molecule has 0 saturated carbocycles. The van der Waals surface area contributed by atoms with E-state index in [0.717, 1.165) is 11.3 Å². The Kier molecular flexibility index (Phi) is 2.75. The van der Waals surface area contributed by atoms with Gasteiger partial charge in [-0.1, -0.05) is 12.1 Å². The fourth-order valence-corrected chi connectivity index (χ4v) is 1.16. The monoisotopic (exact) mass is 230 g/mol. The first-order valence-electron chi connectivity index (χ1n) is 3.60. The summed E-state index contributed by atoms with van der Waals surface area (Å²) in [5, 5.41) is 9.53. The van der Waals surface area contributed by atoms with Gasteiger partial charge in [0, 0.05) is 0 Å². The molecule has 0 aliphatic carbocycles. The fourth-order valence-electron chi connectivity index (χ4n) is 0.895. The summed E-state index contributed by atoms with van der Waals surface area (Å²) in [7, 11) is 1.61. The highest BCUT2D eigenvalue weighted by atomic mass is 79.9. The van der Waals surface area contributed by atoms with Crippen molar-refractivity contribution in [3.63, 3.8) is 0 Å². The van der Waals surface area contributed by atoms with E-state index in [-0.39, 0.29) is 0 Å². The molecule has 0 spiro atoms. The summed E-state index contributed by atoms with van der Waals surface area (Å²) < 4.78 is 4.03. The molecule has 1 unspecified atom stereocenters. The number of alkyl halides is 1. The van der Waals surface area contributed by atoms with Crippen LogP contribution >= 0.6 is 15.9 Å². The molecule has 0 aliphatic heterocycles. The molecule has 3 heteroatoms. The molecule has 1 atom stereocenters. The Balaban J connectivity index is 2.93. The van der Waals surface area contributed by atoms with E-state index in [2.05, 4.69) is 15.9 Å². The number of hydrogen-bond acceptors (Lipinski definition) is 2. The average molecular weight is 231 g/mol. The first-order chi connectivity index (χ1) is 5.54. The van der Waals surface area contributed by atoms with E-state index in [1.807, 2.05) is 24.3 Å². The number of benzene rings is 1. The zero-order chi connectivity index (χ0) is 9.19. The summed E-state index contributed by atoms with van der Waals surface area (Å²) in [6, 6.07) is 7.25. The Hall–Kier alpha value is -0.540. The minimum Gasteiger partial charge on any atom is -0.497 e. The minimum absolute atomic E-state index is 0.788. The Morgan fingerprint density at radius 2 is 1.83 bits per heavy atom. The fraction of sp³-hybridized carbons (Fsp3) is 0.333. The number of rotatable bonds is 2. The van der Waals surface area contributed by atoms with E-state index < -0.39 is 4.51 Å². The van der Waals surface area contributed by atoms with Crippen LogP contribution in [0.25, 0.3) is 0 Å². The number of ether oxygens (including phenoxy) is 1. The molecule has 2 nitrogen and oxygen atoms in total. The van der Waals surface area contributed by atoms with Gasteiger partial charge in [0.1, 0.15) is 10.3 Å². The van der Waals surface area contributed by atoms with Crippen molar-refractivity contribution in [3.8, 4) is 5.75 Å². The van der Waals surface area contributed by atoms with Crippen LogP contribution in [0, 0.1) is 0 Å². The average Bonchev–Trinajstić information content (AvgIpc) is 2.03. The van der Waals surface area contributed by atoms with Crippen LogP contribution < -0.4 is 4.74 Å². The molecule has 0 aromatic heterocycles. The molecule has 0 saturated heterocycles. The molecule has 0 radical (unpaired) electrons. The molecule has 66 valence electrons. The summed E-state index contributed by atoms with van der Waals surface area (Å²) in [5.74, 6) is 0.788. The number of hydrogen-bond donors (Lipinski definition) is 1. The molecule has 12 heavy (non-hydrogen) atoms. The van der Waals surface area contributed by atoms with Crippen molar-refractivity contribution in [2.75, 3.05) is 7.11 Å². The van der Waals surface area contributed by atoms with Crippen molar-refractivity contribution in [2.24, 2.45) is 0 Å². The Morgan fingerprint density at radius 3 is 2.17 bits per heavy atom. The van der Waals surface area contributed by atoms with Gasteiger partial charge in [0.2, 0.25) is 0 Å². The molecule has 0 heterocycles. The lowest BCUT2D eigenvalue weighted by atomic mass is 10.1. The van der Waals surface area contributed by atoms with Crippen molar-refractivity contribution >= 4 is 15.9 Å². The summed E-state index contributed by atoms with van der Waals surface area (Å²) in [6.45, 7) is 1.68. The summed E-state index contributed by atoms with van der Waals surface area (Å²) in [4.78, 5) is 0. The predicted molar refractivity (Wildman–Crippen MR) is 51.5 cm³/mol. The van der Waals surface area contributed by atoms with Crippen molar-refractivity contribution in [1.82, 2.24) is 0 Å². The van der Waals surface area contributed by atoms with E-state index in [0.29, 0.717) is 0 Å². The smallest absolute Gasteiger partial charge is 0.142 e. The van der Waals surface area contributed by atoms with E-state index in [4.69, 9.17) is 4.74 Å². The van der Waals surface area contributed by atoms with Gasteiger partial charge in [-0.2, -0.15) is 0 Å². The second kappa shape index (κ2) is 3.46. The molecule has 0 aliphatic rings. The van der Waals surface area contributed by atoms with Gasteiger partial charge in [0.15, 0.2) is 0 Å². The van der Waals surface area contributed by atoms with Crippen molar-refractivity contribution in [1.29, 1.82) is 0 Å². The zero-order valence-corrected chi connectivity index (χ0v) is 8.63. The van der Waals surface area contributed by atoms with Crippen LogP contribution in [0.5, 0.6) is 5.75 Å². The minimum atomic E-state index is -0.959. The molecule has 0 amide bonds. The topological polar surface area (TPSA) is 29.5 Å². The SMILES string of the molecule is COc1ccc(C(C)(O)Br)cc1. The lowest BCUT2D eigenvalue weighted by Crippen LogP contribution is -2.10. The van der Waals surface area contributed by atoms with Gasteiger partial charge in [-0.3, -0.25) is 0 Å². The second-order valence-corrected chi connectivity index (χ2v) is 4.23. The summed E-state index contributed by atoms with van der Waals surface area (Å²) in [5.41, 5.74) is 0.809. The van der Waals surface area contributed by atoms with Crippen molar-refractivity contribution in [2.45, 2.75) is 11.4 Å². The molecule has 0 fully saturated rings. The third kappa shape index (κ3) is 2.22. The van der Waals surface area contributed by atoms with Gasteiger partial charge in [-0.25, -0.2) is 0 Å². The van der Waals surface area contributed by atoms with Gasteiger partial charge in [-0.15, -0.1) is 0 Å². The molecule has 1 rings (SSSR count). The molecule has 1 N–H and O–H groups in total. The lowest BCUT2D eigenvalue weighted by molar-refractivity contribution is 0.167. The maximum absolute atomic E-state index is 9.53. The van der Waals surface area contributed by atoms with Crippen LogP contribution in [0.1, 0.15) is 12.5 Å². The van der Waals surface area contributed by atoms with Crippen molar-refractivity contribution in [3.05, 3.63) is 29.8 Å². The lowest BCUT2D eigenvalue weighted by Gasteiger charge is -2.15. The van der Waals surface area contributed by atoms with Crippen LogP contribution in [0.3, 0.4) is 0 Å². The number of halogens is 1. The standard InChI is InChI=1S/C9H11BrO2/c1-9(10,11)7-3-5-8(12-2)6-4-7/h3-6,11H,1-2H3. The second-order valence-electron chi connectivity index (χ2n) is 2.68.